The molecule has 0 heterocycles. The van der Waals surface area contributed by atoms with Crippen molar-refractivity contribution in [2.75, 3.05) is 19.7 Å². The zero-order chi connectivity index (χ0) is 43.5. The minimum absolute atomic E-state index is 0.0577. The maximum atomic E-state index is 13.4. The van der Waals surface area contributed by atoms with Gasteiger partial charge in [-0.1, -0.05) is 144 Å². The van der Waals surface area contributed by atoms with Gasteiger partial charge >= 0.3 is 12.1 Å². The average molecular weight is 839 g/mol. The van der Waals surface area contributed by atoms with Crippen LogP contribution in [0.2, 0.25) is 0 Å². The SMILES string of the molecule is CCCCCCCC(=O)NCCCCC(NC(=O)CCCCCCC)C(=O)NCCCCC(NC(=O)OCC1c2ccccc2-c2ccccc21)C(=O)OCc1ccccc1. The van der Waals surface area contributed by atoms with Gasteiger partial charge in [0.25, 0.3) is 0 Å². The standard InChI is InChI=1S/C50H70N4O7/c1-3-5-7-9-14-32-46(55)51-34-22-20-30-44(53-47(56)33-15-10-8-6-4-2)48(57)52-35-23-21-31-45(49(58)60-36-38-24-12-11-13-25-38)54-50(59)61-37-43-41-28-18-16-26-39(41)40-27-17-19-29-42(40)43/h11-13,16-19,24-29,43-45H,3-10,14-15,20-23,30-37H2,1-2H3,(H,51,55)(H,52,57)(H,53,56)(H,54,59). The molecule has 0 aliphatic heterocycles. The lowest BCUT2D eigenvalue weighted by molar-refractivity contribution is -0.147. The van der Waals surface area contributed by atoms with E-state index in [-0.39, 0.29) is 43.3 Å². The van der Waals surface area contributed by atoms with Crippen molar-refractivity contribution in [3.05, 3.63) is 95.6 Å². The highest BCUT2D eigenvalue weighted by Crippen LogP contribution is 2.44. The molecule has 1 aliphatic rings. The number of ether oxygens (including phenoxy) is 2. The van der Waals surface area contributed by atoms with Gasteiger partial charge in [0.05, 0.1) is 0 Å². The fourth-order valence-electron chi connectivity index (χ4n) is 7.77. The number of alkyl carbamates (subject to hydrolysis) is 1. The molecule has 1 aliphatic carbocycles. The molecule has 2 unspecified atom stereocenters. The summed E-state index contributed by atoms with van der Waals surface area (Å²) in [7, 11) is 0. The highest BCUT2D eigenvalue weighted by molar-refractivity contribution is 5.87. The summed E-state index contributed by atoms with van der Waals surface area (Å²) < 4.78 is 11.4. The molecule has 0 spiro atoms. The van der Waals surface area contributed by atoms with Gasteiger partial charge in [0.2, 0.25) is 17.7 Å². The van der Waals surface area contributed by atoms with E-state index in [2.05, 4.69) is 59.4 Å². The lowest BCUT2D eigenvalue weighted by atomic mass is 9.98. The Morgan fingerprint density at radius 2 is 1.08 bits per heavy atom. The minimum Gasteiger partial charge on any atom is -0.459 e. The molecule has 4 rings (SSSR count). The summed E-state index contributed by atoms with van der Waals surface area (Å²) in [5, 5.41) is 11.7. The maximum absolute atomic E-state index is 13.4. The van der Waals surface area contributed by atoms with E-state index in [0.717, 1.165) is 79.2 Å². The molecule has 11 nitrogen and oxygen atoms in total. The lowest BCUT2D eigenvalue weighted by Crippen LogP contribution is -2.47. The normalized spacial score (nSPS) is 12.7. The minimum atomic E-state index is -0.957. The van der Waals surface area contributed by atoms with Gasteiger partial charge in [0.1, 0.15) is 25.3 Å². The molecular formula is C50H70N4O7. The van der Waals surface area contributed by atoms with E-state index in [9.17, 15) is 24.0 Å². The molecule has 0 saturated carbocycles. The number of rotatable bonds is 30. The van der Waals surface area contributed by atoms with E-state index in [1.807, 2.05) is 54.6 Å². The first-order chi connectivity index (χ1) is 29.8. The van der Waals surface area contributed by atoms with E-state index in [4.69, 9.17) is 9.47 Å². The van der Waals surface area contributed by atoms with Gasteiger partial charge < -0.3 is 30.7 Å². The summed E-state index contributed by atoms with van der Waals surface area (Å²) in [5.41, 5.74) is 5.26. The number of fused-ring (bicyclic) bond motifs is 3. The van der Waals surface area contributed by atoms with E-state index in [1.165, 1.54) is 12.8 Å². The van der Waals surface area contributed by atoms with Crippen molar-refractivity contribution in [3.63, 3.8) is 0 Å². The average Bonchev–Trinajstić information content (AvgIpc) is 3.59. The largest absolute Gasteiger partial charge is 0.459 e. The Bertz CT molecular complexity index is 1740. The van der Waals surface area contributed by atoms with E-state index < -0.39 is 24.1 Å². The van der Waals surface area contributed by atoms with Gasteiger partial charge in [-0.05, 0) is 79.2 Å². The number of benzene rings is 3. The van der Waals surface area contributed by atoms with Gasteiger partial charge in [-0.3, -0.25) is 14.4 Å². The number of carbonyl (C=O) groups is 5. The van der Waals surface area contributed by atoms with Crippen LogP contribution in [0.4, 0.5) is 4.79 Å². The third-order valence-corrected chi connectivity index (χ3v) is 11.3. The van der Waals surface area contributed by atoms with Gasteiger partial charge in [-0.25, -0.2) is 9.59 Å². The predicted octanol–water partition coefficient (Wildman–Crippen LogP) is 9.42. The number of carbonyl (C=O) groups excluding carboxylic acids is 5. The summed E-state index contributed by atoms with van der Waals surface area (Å²) in [6.07, 6.45) is 13.9. The molecule has 3 aromatic carbocycles. The van der Waals surface area contributed by atoms with Crippen molar-refractivity contribution in [2.24, 2.45) is 0 Å². The maximum Gasteiger partial charge on any atom is 0.407 e. The van der Waals surface area contributed by atoms with Gasteiger partial charge in [0, 0.05) is 31.8 Å². The summed E-state index contributed by atoms with van der Waals surface area (Å²) in [4.78, 5) is 65.2. The number of nitrogens with one attached hydrogen (secondary N) is 4. The number of unbranched alkanes of at least 4 members (excludes halogenated alkanes) is 10. The number of amides is 4. The Balaban J connectivity index is 1.26. The van der Waals surface area contributed by atoms with Crippen LogP contribution < -0.4 is 21.3 Å². The molecule has 0 saturated heterocycles. The molecular weight excluding hydrogens is 769 g/mol. The fourth-order valence-corrected chi connectivity index (χ4v) is 7.77. The first kappa shape index (κ1) is 48.5. The number of esters is 1. The first-order valence-electron chi connectivity index (χ1n) is 23.0. The zero-order valence-electron chi connectivity index (χ0n) is 36.7. The molecule has 0 radical (unpaired) electrons. The fraction of sp³-hybridized carbons (Fsp3) is 0.540. The number of hydrogen-bond donors (Lipinski definition) is 4. The van der Waals surface area contributed by atoms with Gasteiger partial charge in [0.15, 0.2) is 0 Å². The van der Waals surface area contributed by atoms with Crippen LogP contribution in [-0.2, 0) is 35.3 Å². The topological polar surface area (TPSA) is 152 Å². The van der Waals surface area contributed by atoms with Crippen molar-refractivity contribution >= 4 is 29.8 Å². The Morgan fingerprint density at radius 1 is 0.541 bits per heavy atom. The summed E-state index contributed by atoms with van der Waals surface area (Å²) >= 11 is 0. The van der Waals surface area contributed by atoms with Crippen molar-refractivity contribution in [1.82, 2.24) is 21.3 Å². The predicted molar refractivity (Wildman–Crippen MR) is 241 cm³/mol. The van der Waals surface area contributed by atoms with Crippen molar-refractivity contribution < 1.29 is 33.4 Å². The highest BCUT2D eigenvalue weighted by atomic mass is 16.6. The second kappa shape index (κ2) is 28.4. The van der Waals surface area contributed by atoms with Crippen LogP contribution in [0, 0.1) is 0 Å². The van der Waals surface area contributed by atoms with Gasteiger partial charge in [-0.2, -0.15) is 0 Å². The monoisotopic (exact) mass is 839 g/mol. The quantitative estimate of drug-likeness (QED) is 0.0386. The lowest BCUT2D eigenvalue weighted by Gasteiger charge is -2.20. The molecule has 11 heteroatoms. The molecule has 0 bridgehead atoms. The molecule has 0 aromatic heterocycles. The zero-order valence-corrected chi connectivity index (χ0v) is 36.7. The van der Waals surface area contributed by atoms with Crippen LogP contribution in [-0.4, -0.2) is 61.6 Å². The molecule has 3 aromatic rings. The van der Waals surface area contributed by atoms with Crippen molar-refractivity contribution in [3.8, 4) is 11.1 Å². The van der Waals surface area contributed by atoms with Crippen LogP contribution in [0.15, 0.2) is 78.9 Å². The van der Waals surface area contributed by atoms with Crippen molar-refractivity contribution in [1.29, 1.82) is 0 Å². The van der Waals surface area contributed by atoms with Crippen LogP contribution in [0.3, 0.4) is 0 Å². The van der Waals surface area contributed by atoms with Crippen molar-refractivity contribution in [2.45, 2.75) is 154 Å². The molecule has 61 heavy (non-hydrogen) atoms. The summed E-state index contributed by atoms with van der Waals surface area (Å²) in [5.74, 6) is -1.03. The van der Waals surface area contributed by atoms with E-state index in [0.29, 0.717) is 58.0 Å². The highest BCUT2D eigenvalue weighted by Gasteiger charge is 2.30. The summed E-state index contributed by atoms with van der Waals surface area (Å²) in [6, 6.07) is 23.9. The molecule has 0 fully saturated rings. The Kier molecular flexibility index (Phi) is 22.5. The smallest absolute Gasteiger partial charge is 0.407 e. The molecule has 4 N–H and O–H groups in total. The van der Waals surface area contributed by atoms with E-state index in [1.54, 1.807) is 0 Å². The van der Waals surface area contributed by atoms with Crippen LogP contribution in [0.1, 0.15) is 152 Å². The second-order valence-corrected chi connectivity index (χ2v) is 16.2. The molecule has 4 amide bonds. The summed E-state index contributed by atoms with van der Waals surface area (Å²) in [6.45, 7) is 5.36. The second-order valence-electron chi connectivity index (χ2n) is 16.2. The van der Waals surface area contributed by atoms with Crippen LogP contribution >= 0.6 is 0 Å². The Morgan fingerprint density at radius 3 is 1.70 bits per heavy atom. The molecule has 2 atom stereocenters. The Labute approximate surface area is 363 Å². The number of hydrogen-bond acceptors (Lipinski definition) is 7. The molecule has 332 valence electrons. The third-order valence-electron chi connectivity index (χ3n) is 11.3. The van der Waals surface area contributed by atoms with E-state index >= 15 is 0 Å². The third kappa shape index (κ3) is 17.7. The van der Waals surface area contributed by atoms with Crippen LogP contribution in [0.25, 0.3) is 11.1 Å². The van der Waals surface area contributed by atoms with Crippen LogP contribution in [0.5, 0.6) is 0 Å². The van der Waals surface area contributed by atoms with Gasteiger partial charge in [-0.15, -0.1) is 0 Å². The first-order valence-corrected chi connectivity index (χ1v) is 23.0. The Hall–Kier alpha value is -5.19.